The average Bonchev–Trinajstić information content (AvgIpc) is 2.93. The third-order valence-electron chi connectivity index (χ3n) is 4.66. The molecule has 0 radical (unpaired) electrons. The zero-order valence-corrected chi connectivity index (χ0v) is 13.1. The lowest BCUT2D eigenvalue weighted by molar-refractivity contribution is 1.62. The number of benzene rings is 4. The lowest BCUT2D eigenvalue weighted by atomic mass is 9.97. The van der Waals surface area contributed by atoms with Crippen molar-refractivity contribution in [1.82, 2.24) is 0 Å². The van der Waals surface area contributed by atoms with Crippen molar-refractivity contribution in [2.45, 2.75) is 0 Å². The molecular weight excluding hydrogens is 300 g/mol. The summed E-state index contributed by atoms with van der Waals surface area (Å²) in [5, 5.41) is 3.41. The molecule has 108 valence electrons. The average molecular weight is 313 g/mol. The van der Waals surface area contributed by atoms with Crippen molar-refractivity contribution < 1.29 is 0 Å². The summed E-state index contributed by atoms with van der Waals surface area (Å²) >= 11 is 6.70. The van der Waals surface area contributed by atoms with Crippen molar-refractivity contribution in [1.29, 1.82) is 0 Å². The molecule has 1 heteroatoms. The summed E-state index contributed by atoms with van der Waals surface area (Å²) in [6.45, 7) is 0. The van der Waals surface area contributed by atoms with Gasteiger partial charge in [0.15, 0.2) is 0 Å². The largest absolute Gasteiger partial charge is 0.0836 e. The van der Waals surface area contributed by atoms with E-state index in [0.29, 0.717) is 0 Å². The molecule has 4 aromatic carbocycles. The van der Waals surface area contributed by atoms with Gasteiger partial charge in [0.1, 0.15) is 0 Å². The van der Waals surface area contributed by atoms with Crippen LogP contribution in [-0.2, 0) is 0 Å². The van der Waals surface area contributed by atoms with E-state index in [-0.39, 0.29) is 0 Å². The highest BCUT2D eigenvalue weighted by Crippen LogP contribution is 2.51. The first-order valence-corrected chi connectivity index (χ1v) is 8.12. The highest BCUT2D eigenvalue weighted by molar-refractivity contribution is 6.36. The first-order chi connectivity index (χ1) is 11.3. The Bertz CT molecular complexity index is 1060. The maximum absolute atomic E-state index is 6.70. The molecule has 0 heterocycles. The smallest absolute Gasteiger partial charge is 0.0497 e. The van der Waals surface area contributed by atoms with Gasteiger partial charge in [-0.25, -0.2) is 0 Å². The predicted octanol–water partition coefficient (Wildman–Crippen LogP) is 6.81. The van der Waals surface area contributed by atoms with E-state index in [1.807, 2.05) is 6.07 Å². The third kappa shape index (κ3) is 1.79. The lowest BCUT2D eigenvalue weighted by Gasteiger charge is -2.09. The third-order valence-corrected chi connectivity index (χ3v) is 4.96. The summed E-state index contributed by atoms with van der Waals surface area (Å²) in [5.74, 6) is 0. The van der Waals surface area contributed by atoms with E-state index in [1.165, 1.54) is 38.6 Å². The molecule has 0 aliphatic heterocycles. The molecule has 0 amide bonds. The predicted molar refractivity (Wildman–Crippen MR) is 98.8 cm³/mol. The molecule has 0 fully saturated rings. The second-order valence-corrected chi connectivity index (χ2v) is 6.36. The number of halogens is 1. The van der Waals surface area contributed by atoms with Crippen molar-refractivity contribution in [2.75, 3.05) is 0 Å². The van der Waals surface area contributed by atoms with E-state index in [0.717, 1.165) is 10.6 Å². The summed E-state index contributed by atoms with van der Waals surface area (Å²) in [4.78, 5) is 0. The maximum atomic E-state index is 6.70. The van der Waals surface area contributed by atoms with Crippen LogP contribution < -0.4 is 0 Å². The monoisotopic (exact) mass is 312 g/mol. The first kappa shape index (κ1) is 12.9. The van der Waals surface area contributed by atoms with Crippen molar-refractivity contribution in [3.63, 3.8) is 0 Å². The van der Waals surface area contributed by atoms with Gasteiger partial charge in [0.05, 0.1) is 0 Å². The van der Waals surface area contributed by atoms with Gasteiger partial charge in [-0.2, -0.15) is 0 Å². The summed E-state index contributed by atoms with van der Waals surface area (Å²) < 4.78 is 0. The van der Waals surface area contributed by atoms with Gasteiger partial charge in [-0.3, -0.25) is 0 Å². The van der Waals surface area contributed by atoms with E-state index in [2.05, 4.69) is 72.8 Å². The summed E-state index contributed by atoms with van der Waals surface area (Å²) in [6, 6.07) is 27.7. The fourth-order valence-electron chi connectivity index (χ4n) is 3.66. The number of hydrogen-bond donors (Lipinski definition) is 0. The fourth-order valence-corrected chi connectivity index (χ4v) is 3.99. The Morgan fingerprint density at radius 3 is 2.09 bits per heavy atom. The molecule has 0 spiro atoms. The lowest BCUT2D eigenvalue weighted by Crippen LogP contribution is -1.83. The molecule has 0 bridgehead atoms. The van der Waals surface area contributed by atoms with Gasteiger partial charge >= 0.3 is 0 Å². The number of rotatable bonds is 1. The van der Waals surface area contributed by atoms with Gasteiger partial charge in [-0.1, -0.05) is 78.3 Å². The zero-order valence-electron chi connectivity index (χ0n) is 12.4. The van der Waals surface area contributed by atoms with Crippen molar-refractivity contribution >= 4 is 22.4 Å². The zero-order chi connectivity index (χ0) is 15.4. The standard InChI is InChI=1S/C22H13Cl/c23-20-13-16(14-6-2-1-3-7-14)12-19-17-10-4-8-15-9-5-11-18(21(15)17)22(19)20/h1-13H. The second kappa shape index (κ2) is 4.71. The van der Waals surface area contributed by atoms with Crippen molar-refractivity contribution in [3.8, 4) is 33.4 Å². The SMILES string of the molecule is Clc1cc(-c2ccccc2)cc2c1-c1cccc3cccc-2c13. The quantitative estimate of drug-likeness (QED) is 0.319. The van der Waals surface area contributed by atoms with Crippen LogP contribution in [-0.4, -0.2) is 0 Å². The summed E-state index contributed by atoms with van der Waals surface area (Å²) in [5.41, 5.74) is 7.30. The molecule has 0 saturated heterocycles. The van der Waals surface area contributed by atoms with Gasteiger partial charge < -0.3 is 0 Å². The molecule has 0 nitrogen and oxygen atoms in total. The molecule has 1 aliphatic rings. The Morgan fingerprint density at radius 1 is 0.565 bits per heavy atom. The Kier molecular flexibility index (Phi) is 2.65. The van der Waals surface area contributed by atoms with E-state index < -0.39 is 0 Å². The van der Waals surface area contributed by atoms with Crippen LogP contribution in [0.5, 0.6) is 0 Å². The van der Waals surface area contributed by atoms with E-state index in [1.54, 1.807) is 0 Å². The maximum Gasteiger partial charge on any atom is 0.0497 e. The van der Waals surface area contributed by atoms with Gasteiger partial charge in [0.25, 0.3) is 0 Å². The fraction of sp³-hybridized carbons (Fsp3) is 0. The van der Waals surface area contributed by atoms with Crippen LogP contribution in [0.15, 0.2) is 78.9 Å². The molecule has 0 saturated carbocycles. The van der Waals surface area contributed by atoms with Gasteiger partial charge in [-0.05, 0) is 50.7 Å². The van der Waals surface area contributed by atoms with Crippen molar-refractivity contribution in [2.24, 2.45) is 0 Å². The molecule has 4 aromatic rings. The Hall–Kier alpha value is -2.57. The van der Waals surface area contributed by atoms with Crippen LogP contribution in [0, 0.1) is 0 Å². The van der Waals surface area contributed by atoms with Crippen LogP contribution in [0.25, 0.3) is 44.2 Å². The molecule has 0 aromatic heterocycles. The second-order valence-electron chi connectivity index (χ2n) is 5.96. The minimum absolute atomic E-state index is 0.824. The number of hydrogen-bond acceptors (Lipinski definition) is 0. The van der Waals surface area contributed by atoms with Crippen LogP contribution >= 0.6 is 11.6 Å². The normalized spacial score (nSPS) is 11.7. The minimum atomic E-state index is 0.824. The van der Waals surface area contributed by atoms with Gasteiger partial charge in [0, 0.05) is 10.6 Å². The minimum Gasteiger partial charge on any atom is -0.0836 e. The highest BCUT2D eigenvalue weighted by Gasteiger charge is 2.24. The Morgan fingerprint density at radius 2 is 1.30 bits per heavy atom. The van der Waals surface area contributed by atoms with E-state index in [4.69, 9.17) is 11.6 Å². The van der Waals surface area contributed by atoms with Crippen LogP contribution in [0.4, 0.5) is 0 Å². The van der Waals surface area contributed by atoms with Gasteiger partial charge in [0.2, 0.25) is 0 Å². The topological polar surface area (TPSA) is 0 Å². The van der Waals surface area contributed by atoms with Crippen molar-refractivity contribution in [3.05, 3.63) is 83.9 Å². The molecule has 5 rings (SSSR count). The van der Waals surface area contributed by atoms with E-state index in [9.17, 15) is 0 Å². The van der Waals surface area contributed by atoms with Gasteiger partial charge in [-0.15, -0.1) is 0 Å². The van der Waals surface area contributed by atoms with Crippen LogP contribution in [0.3, 0.4) is 0 Å². The first-order valence-electron chi connectivity index (χ1n) is 7.74. The van der Waals surface area contributed by atoms with E-state index >= 15 is 0 Å². The summed E-state index contributed by atoms with van der Waals surface area (Å²) in [7, 11) is 0. The molecule has 0 unspecified atom stereocenters. The molecule has 1 aliphatic carbocycles. The molecular formula is C22H13Cl. The highest BCUT2D eigenvalue weighted by atomic mass is 35.5. The molecule has 23 heavy (non-hydrogen) atoms. The molecule has 0 atom stereocenters. The van der Waals surface area contributed by atoms with Crippen LogP contribution in [0.2, 0.25) is 5.02 Å². The Balaban J connectivity index is 1.87. The molecule has 0 N–H and O–H groups in total. The summed E-state index contributed by atoms with van der Waals surface area (Å²) in [6.07, 6.45) is 0. The van der Waals surface area contributed by atoms with Crippen LogP contribution in [0.1, 0.15) is 0 Å². The Labute approximate surface area is 140 Å². The number of fused-ring (bicyclic) bond motifs is 3.